The summed E-state index contributed by atoms with van der Waals surface area (Å²) >= 11 is 6.34. The van der Waals surface area contributed by atoms with Gasteiger partial charge >= 0.3 is 0 Å². The molecule has 0 atom stereocenters. The van der Waals surface area contributed by atoms with Crippen LogP contribution in [0.15, 0.2) is 43.0 Å². The lowest BCUT2D eigenvalue weighted by atomic mass is 10.0. The van der Waals surface area contributed by atoms with Crippen molar-refractivity contribution in [3.8, 4) is 11.1 Å². The van der Waals surface area contributed by atoms with Crippen LogP contribution in [0.3, 0.4) is 0 Å². The molecule has 0 bridgehead atoms. The quantitative estimate of drug-likeness (QED) is 0.628. The summed E-state index contributed by atoms with van der Waals surface area (Å²) in [5.41, 5.74) is 3.10. The molecule has 0 aliphatic heterocycles. The standard InChI is InChI=1S/C18H17ClFN5/c1-10(21-3)12-5-4-6-13(7-12)17-15(19)8-14(9-16(17)20)23-18-22-11(2)24-25-18/h4-9,21H,1H2,2-3H3,(H2,22,23,24,25). The number of rotatable bonds is 5. The number of benzene rings is 2. The van der Waals surface area contributed by atoms with E-state index in [-0.39, 0.29) is 0 Å². The minimum absolute atomic E-state index is 0.293. The number of nitrogens with zero attached hydrogens (tertiary/aromatic N) is 2. The molecule has 0 fully saturated rings. The normalized spacial score (nSPS) is 10.6. The van der Waals surface area contributed by atoms with Gasteiger partial charge in [-0.1, -0.05) is 36.4 Å². The SMILES string of the molecule is C=C(NC)c1cccc(-c2c(F)cc(Nc3n[nH]c(C)n3)cc2Cl)c1. The number of aromatic amines is 1. The molecule has 5 nitrogen and oxygen atoms in total. The molecular weight excluding hydrogens is 341 g/mol. The van der Waals surface area contributed by atoms with E-state index in [9.17, 15) is 4.39 Å². The van der Waals surface area contributed by atoms with Crippen LogP contribution in [0.25, 0.3) is 16.8 Å². The second kappa shape index (κ2) is 6.94. The van der Waals surface area contributed by atoms with E-state index in [1.807, 2.05) is 24.3 Å². The first-order valence-electron chi connectivity index (χ1n) is 7.60. The molecular formula is C18H17ClFN5. The lowest BCUT2D eigenvalue weighted by molar-refractivity contribution is 0.632. The first-order chi connectivity index (χ1) is 12.0. The van der Waals surface area contributed by atoms with Crippen molar-refractivity contribution in [2.75, 3.05) is 12.4 Å². The number of H-pyrrole nitrogens is 1. The first-order valence-corrected chi connectivity index (χ1v) is 7.98. The molecule has 0 spiro atoms. The van der Waals surface area contributed by atoms with Crippen LogP contribution in [0.2, 0.25) is 5.02 Å². The molecule has 1 aromatic heterocycles. The van der Waals surface area contributed by atoms with Crippen molar-refractivity contribution in [2.24, 2.45) is 0 Å². The lowest BCUT2D eigenvalue weighted by Crippen LogP contribution is -2.02. The van der Waals surface area contributed by atoms with Gasteiger partial charge in [0.1, 0.15) is 11.6 Å². The Balaban J connectivity index is 1.96. The maximum Gasteiger partial charge on any atom is 0.246 e. The zero-order chi connectivity index (χ0) is 18.0. The summed E-state index contributed by atoms with van der Waals surface area (Å²) in [5.74, 6) is 0.578. The summed E-state index contributed by atoms with van der Waals surface area (Å²) in [6.45, 7) is 5.70. The summed E-state index contributed by atoms with van der Waals surface area (Å²) in [6, 6.07) is 10.4. The van der Waals surface area contributed by atoms with E-state index in [2.05, 4.69) is 32.4 Å². The molecule has 0 saturated carbocycles. The summed E-state index contributed by atoms with van der Waals surface area (Å²) in [6.07, 6.45) is 0. The number of aryl methyl sites for hydroxylation is 1. The molecule has 0 aliphatic carbocycles. The summed E-state index contributed by atoms with van der Waals surface area (Å²) in [7, 11) is 1.79. The van der Waals surface area contributed by atoms with Gasteiger partial charge in [-0.2, -0.15) is 4.98 Å². The van der Waals surface area contributed by atoms with Gasteiger partial charge in [0.15, 0.2) is 0 Å². The Morgan fingerprint density at radius 3 is 2.72 bits per heavy atom. The Morgan fingerprint density at radius 2 is 2.08 bits per heavy atom. The Morgan fingerprint density at radius 1 is 1.28 bits per heavy atom. The van der Waals surface area contributed by atoms with Crippen LogP contribution in [0, 0.1) is 12.7 Å². The van der Waals surface area contributed by atoms with Crippen molar-refractivity contribution in [3.63, 3.8) is 0 Å². The Bertz CT molecular complexity index is 912. The minimum atomic E-state index is -0.436. The van der Waals surface area contributed by atoms with Gasteiger partial charge in [-0.05, 0) is 36.2 Å². The Kier molecular flexibility index (Phi) is 4.72. The fourth-order valence-corrected chi connectivity index (χ4v) is 2.77. The van der Waals surface area contributed by atoms with Crippen LogP contribution in [-0.2, 0) is 0 Å². The third-order valence-corrected chi connectivity index (χ3v) is 4.00. The first kappa shape index (κ1) is 17.0. The minimum Gasteiger partial charge on any atom is -0.388 e. The van der Waals surface area contributed by atoms with Crippen molar-refractivity contribution in [1.29, 1.82) is 0 Å². The average molecular weight is 358 g/mol. The van der Waals surface area contributed by atoms with Crippen molar-refractivity contribution in [2.45, 2.75) is 6.92 Å². The number of aromatic nitrogens is 3. The van der Waals surface area contributed by atoms with E-state index in [0.29, 0.717) is 33.6 Å². The van der Waals surface area contributed by atoms with Crippen LogP contribution in [0.5, 0.6) is 0 Å². The van der Waals surface area contributed by atoms with Gasteiger partial charge in [0.25, 0.3) is 0 Å². The molecule has 25 heavy (non-hydrogen) atoms. The largest absolute Gasteiger partial charge is 0.388 e. The average Bonchev–Trinajstić information content (AvgIpc) is 2.98. The van der Waals surface area contributed by atoms with E-state index in [1.54, 1.807) is 20.0 Å². The lowest BCUT2D eigenvalue weighted by Gasteiger charge is -2.12. The van der Waals surface area contributed by atoms with Crippen molar-refractivity contribution in [3.05, 3.63) is 65.2 Å². The van der Waals surface area contributed by atoms with Crippen LogP contribution in [0.1, 0.15) is 11.4 Å². The van der Waals surface area contributed by atoms with Crippen LogP contribution < -0.4 is 10.6 Å². The zero-order valence-corrected chi connectivity index (χ0v) is 14.6. The molecule has 3 N–H and O–H groups in total. The van der Waals surface area contributed by atoms with Gasteiger partial charge in [-0.25, -0.2) is 4.39 Å². The molecule has 7 heteroatoms. The third-order valence-electron chi connectivity index (χ3n) is 3.70. The van der Waals surface area contributed by atoms with Crippen LogP contribution in [0.4, 0.5) is 16.0 Å². The second-order valence-electron chi connectivity index (χ2n) is 5.49. The van der Waals surface area contributed by atoms with E-state index in [1.165, 1.54) is 6.07 Å². The molecule has 128 valence electrons. The summed E-state index contributed by atoms with van der Waals surface area (Å²) < 4.78 is 14.7. The number of halogens is 2. The summed E-state index contributed by atoms with van der Waals surface area (Å²) in [4.78, 5) is 4.13. The van der Waals surface area contributed by atoms with E-state index in [0.717, 1.165) is 11.3 Å². The van der Waals surface area contributed by atoms with Crippen molar-refractivity contribution in [1.82, 2.24) is 20.5 Å². The highest BCUT2D eigenvalue weighted by Gasteiger charge is 2.14. The van der Waals surface area contributed by atoms with E-state index < -0.39 is 5.82 Å². The van der Waals surface area contributed by atoms with Gasteiger partial charge in [0, 0.05) is 24.0 Å². The third kappa shape index (κ3) is 3.64. The summed E-state index contributed by atoms with van der Waals surface area (Å²) in [5, 5.41) is 12.9. The highest BCUT2D eigenvalue weighted by Crippen LogP contribution is 2.34. The molecule has 0 amide bonds. The molecule has 0 saturated heterocycles. The van der Waals surface area contributed by atoms with E-state index in [4.69, 9.17) is 11.6 Å². The fraction of sp³-hybridized carbons (Fsp3) is 0.111. The number of hydrogen-bond acceptors (Lipinski definition) is 4. The molecule has 1 heterocycles. The monoisotopic (exact) mass is 357 g/mol. The smallest absolute Gasteiger partial charge is 0.246 e. The number of nitrogens with one attached hydrogen (secondary N) is 3. The number of hydrogen-bond donors (Lipinski definition) is 3. The highest BCUT2D eigenvalue weighted by molar-refractivity contribution is 6.33. The van der Waals surface area contributed by atoms with Crippen LogP contribution >= 0.6 is 11.6 Å². The van der Waals surface area contributed by atoms with Crippen molar-refractivity contribution >= 4 is 28.9 Å². The molecule has 3 rings (SSSR count). The molecule has 0 aliphatic rings. The number of anilines is 2. The van der Waals surface area contributed by atoms with E-state index >= 15 is 0 Å². The molecule has 0 radical (unpaired) electrons. The molecule has 3 aromatic rings. The van der Waals surface area contributed by atoms with Crippen LogP contribution in [-0.4, -0.2) is 22.2 Å². The van der Waals surface area contributed by atoms with Crippen molar-refractivity contribution < 1.29 is 4.39 Å². The van der Waals surface area contributed by atoms with Gasteiger partial charge in [-0.15, -0.1) is 5.10 Å². The Hall–Kier alpha value is -2.86. The molecule has 0 unspecified atom stereocenters. The Labute approximate surface area is 150 Å². The van der Waals surface area contributed by atoms with Gasteiger partial charge in [-0.3, -0.25) is 5.10 Å². The predicted octanol–water partition coefficient (Wildman–Crippen LogP) is 4.51. The van der Waals surface area contributed by atoms with Gasteiger partial charge < -0.3 is 10.6 Å². The molecule has 2 aromatic carbocycles. The maximum absolute atomic E-state index is 14.7. The predicted molar refractivity (Wildman–Crippen MR) is 99.3 cm³/mol. The van der Waals surface area contributed by atoms with Gasteiger partial charge in [0.05, 0.1) is 5.02 Å². The highest BCUT2D eigenvalue weighted by atomic mass is 35.5. The maximum atomic E-state index is 14.7. The second-order valence-corrected chi connectivity index (χ2v) is 5.90. The fourth-order valence-electron chi connectivity index (χ4n) is 2.46. The topological polar surface area (TPSA) is 65.6 Å². The van der Waals surface area contributed by atoms with Gasteiger partial charge in [0.2, 0.25) is 5.95 Å². The zero-order valence-electron chi connectivity index (χ0n) is 13.8.